The molecule has 4 atom stereocenters. The van der Waals surface area contributed by atoms with E-state index in [1.165, 1.54) is 30.2 Å². The van der Waals surface area contributed by atoms with Crippen molar-refractivity contribution < 1.29 is 23.5 Å². The normalized spacial score (nSPS) is 34.4. The van der Waals surface area contributed by atoms with Crippen LogP contribution in [-0.2, 0) is 24.7 Å². The Kier molecular flexibility index (Phi) is 3.48. The number of halogens is 1. The highest BCUT2D eigenvalue weighted by Crippen LogP contribution is 2.60. The van der Waals surface area contributed by atoms with Crippen molar-refractivity contribution in [2.24, 2.45) is 11.8 Å². The van der Waals surface area contributed by atoms with Gasteiger partial charge in [-0.3, -0.25) is 24.2 Å². The van der Waals surface area contributed by atoms with Crippen LogP contribution >= 0.6 is 0 Å². The summed E-state index contributed by atoms with van der Waals surface area (Å²) < 4.78 is 19.1. The number of likely N-dealkylation sites (tertiary alicyclic amines) is 1. The second-order valence-corrected chi connectivity index (χ2v) is 7.64. The number of carbonyl (C=O) groups is 3. The molecule has 0 aromatic heterocycles. The Morgan fingerprint density at radius 3 is 2.89 bits per heavy atom. The molecule has 0 radical (unpaired) electrons. The lowest BCUT2D eigenvalue weighted by molar-refractivity contribution is -0.146. The number of ether oxygens (including phenoxy) is 1. The summed E-state index contributed by atoms with van der Waals surface area (Å²) in [5.74, 6) is -2.79. The molecule has 0 aliphatic carbocycles. The molecule has 3 saturated heterocycles. The highest BCUT2D eigenvalue weighted by molar-refractivity contribution is 6.15. The van der Waals surface area contributed by atoms with Crippen LogP contribution in [0.15, 0.2) is 18.2 Å². The van der Waals surface area contributed by atoms with Gasteiger partial charge in [0, 0.05) is 24.4 Å². The standard InChI is InChI=1S/C19H20FN3O4/c1-27-8-7-22-16(24)14-13-3-2-6-23(13)19(15(14)17(22)25)11-9-10(20)4-5-12(11)21-18(19)26/h4-5,9,13-15H,2-3,6-8H2,1H3,(H,21,26)/t13?,14-,15+,19?/m1/s1. The van der Waals surface area contributed by atoms with Crippen LogP contribution in [-0.4, -0.2) is 60.4 Å². The van der Waals surface area contributed by atoms with Crippen molar-refractivity contribution in [1.82, 2.24) is 9.80 Å². The number of rotatable bonds is 3. The van der Waals surface area contributed by atoms with Crippen LogP contribution in [0.1, 0.15) is 18.4 Å². The average molecular weight is 373 g/mol. The highest BCUT2D eigenvalue weighted by atomic mass is 19.1. The van der Waals surface area contributed by atoms with E-state index in [9.17, 15) is 18.8 Å². The second kappa shape index (κ2) is 5.59. The molecule has 5 rings (SSSR count). The Morgan fingerprint density at radius 2 is 2.11 bits per heavy atom. The van der Waals surface area contributed by atoms with Gasteiger partial charge in [-0.2, -0.15) is 0 Å². The first-order valence-electron chi connectivity index (χ1n) is 9.24. The average Bonchev–Trinajstić information content (AvgIpc) is 3.33. The van der Waals surface area contributed by atoms with Crippen molar-refractivity contribution in [2.75, 3.05) is 32.1 Å². The van der Waals surface area contributed by atoms with E-state index in [1.54, 1.807) is 0 Å². The Bertz CT molecular complexity index is 875. The summed E-state index contributed by atoms with van der Waals surface area (Å²) in [7, 11) is 1.51. The van der Waals surface area contributed by atoms with Gasteiger partial charge in [-0.15, -0.1) is 0 Å². The summed E-state index contributed by atoms with van der Waals surface area (Å²) >= 11 is 0. The van der Waals surface area contributed by atoms with Gasteiger partial charge in [0.25, 0.3) is 0 Å². The summed E-state index contributed by atoms with van der Waals surface area (Å²) in [6, 6.07) is 3.97. The third-order valence-electron chi connectivity index (χ3n) is 6.56. The second-order valence-electron chi connectivity index (χ2n) is 7.64. The van der Waals surface area contributed by atoms with Gasteiger partial charge < -0.3 is 10.1 Å². The number of nitrogens with one attached hydrogen (secondary N) is 1. The van der Waals surface area contributed by atoms with Gasteiger partial charge >= 0.3 is 0 Å². The maximum atomic E-state index is 14.1. The SMILES string of the molecule is COCCN1C(=O)[C@@H]2C3CCCN3C3(C(=O)Nc4ccc(F)cc43)[C@@H]2C1=O. The molecular weight excluding hydrogens is 353 g/mol. The Hall–Kier alpha value is -2.32. The molecule has 4 aliphatic rings. The van der Waals surface area contributed by atoms with Crippen LogP contribution in [0.3, 0.4) is 0 Å². The molecule has 1 aromatic rings. The minimum Gasteiger partial charge on any atom is -0.383 e. The fourth-order valence-electron chi connectivity index (χ4n) is 5.64. The van der Waals surface area contributed by atoms with E-state index in [4.69, 9.17) is 4.74 Å². The lowest BCUT2D eigenvalue weighted by atomic mass is 9.75. The number of methoxy groups -OCH3 is 1. The minimum atomic E-state index is -1.31. The van der Waals surface area contributed by atoms with Crippen molar-refractivity contribution >= 4 is 23.4 Å². The zero-order chi connectivity index (χ0) is 18.9. The van der Waals surface area contributed by atoms with Gasteiger partial charge in [-0.1, -0.05) is 0 Å². The molecule has 1 N–H and O–H groups in total. The topological polar surface area (TPSA) is 79.0 Å². The van der Waals surface area contributed by atoms with Gasteiger partial charge in [0.1, 0.15) is 11.4 Å². The number of anilines is 1. The number of nitrogens with zero attached hydrogens (tertiary/aromatic N) is 2. The van der Waals surface area contributed by atoms with Gasteiger partial charge in [0.15, 0.2) is 0 Å². The van der Waals surface area contributed by atoms with Crippen LogP contribution < -0.4 is 5.32 Å². The third-order valence-corrected chi connectivity index (χ3v) is 6.56. The lowest BCUT2D eigenvalue weighted by Gasteiger charge is -2.36. The Morgan fingerprint density at radius 1 is 1.30 bits per heavy atom. The number of amides is 3. The lowest BCUT2D eigenvalue weighted by Crippen LogP contribution is -2.54. The van der Waals surface area contributed by atoms with E-state index >= 15 is 0 Å². The zero-order valence-electron chi connectivity index (χ0n) is 14.9. The first-order chi connectivity index (χ1) is 13.0. The molecular formula is C19H20FN3O4. The number of imide groups is 1. The molecule has 4 aliphatic heterocycles. The van der Waals surface area contributed by atoms with Crippen LogP contribution in [0, 0.1) is 17.7 Å². The fraction of sp³-hybridized carbons (Fsp3) is 0.526. The van der Waals surface area contributed by atoms with Crippen LogP contribution in [0.5, 0.6) is 0 Å². The summed E-state index contributed by atoms with van der Waals surface area (Å²) in [4.78, 5) is 42.8. The molecule has 1 aromatic carbocycles. The van der Waals surface area contributed by atoms with E-state index in [0.29, 0.717) is 17.8 Å². The molecule has 0 bridgehead atoms. The maximum Gasteiger partial charge on any atom is 0.250 e. The van der Waals surface area contributed by atoms with E-state index in [0.717, 1.165) is 12.8 Å². The van der Waals surface area contributed by atoms with Gasteiger partial charge in [0.05, 0.1) is 25.0 Å². The molecule has 1 spiro atoms. The number of benzene rings is 1. The Labute approximate surface area is 155 Å². The van der Waals surface area contributed by atoms with Crippen LogP contribution in [0.4, 0.5) is 10.1 Å². The van der Waals surface area contributed by atoms with Crippen LogP contribution in [0.2, 0.25) is 0 Å². The minimum absolute atomic E-state index is 0.168. The predicted octanol–water partition coefficient (Wildman–Crippen LogP) is 0.699. The molecule has 3 amide bonds. The van der Waals surface area contributed by atoms with E-state index in [2.05, 4.69) is 5.32 Å². The Balaban J connectivity index is 1.69. The summed E-state index contributed by atoms with van der Waals surface area (Å²) in [6.45, 7) is 1.02. The summed E-state index contributed by atoms with van der Waals surface area (Å²) in [6.07, 6.45) is 1.59. The van der Waals surface area contributed by atoms with Crippen molar-refractivity contribution in [2.45, 2.75) is 24.4 Å². The number of fused-ring (bicyclic) bond motifs is 7. The molecule has 8 heteroatoms. The van der Waals surface area contributed by atoms with E-state index in [-0.39, 0.29) is 36.9 Å². The predicted molar refractivity (Wildman–Crippen MR) is 92.0 cm³/mol. The smallest absolute Gasteiger partial charge is 0.250 e. The highest BCUT2D eigenvalue weighted by Gasteiger charge is 2.74. The monoisotopic (exact) mass is 373 g/mol. The zero-order valence-corrected chi connectivity index (χ0v) is 14.9. The van der Waals surface area contributed by atoms with E-state index < -0.39 is 23.2 Å². The van der Waals surface area contributed by atoms with Crippen molar-refractivity contribution in [1.29, 1.82) is 0 Å². The van der Waals surface area contributed by atoms with Crippen molar-refractivity contribution in [3.05, 3.63) is 29.6 Å². The quantitative estimate of drug-likeness (QED) is 0.789. The van der Waals surface area contributed by atoms with Gasteiger partial charge in [-0.25, -0.2) is 4.39 Å². The molecule has 3 fully saturated rings. The number of hydrogen-bond donors (Lipinski definition) is 1. The van der Waals surface area contributed by atoms with Crippen molar-refractivity contribution in [3.63, 3.8) is 0 Å². The van der Waals surface area contributed by atoms with Gasteiger partial charge in [0.2, 0.25) is 17.7 Å². The van der Waals surface area contributed by atoms with Crippen molar-refractivity contribution in [3.8, 4) is 0 Å². The fourth-order valence-corrected chi connectivity index (χ4v) is 5.64. The van der Waals surface area contributed by atoms with Crippen LogP contribution in [0.25, 0.3) is 0 Å². The molecule has 4 heterocycles. The molecule has 2 unspecified atom stereocenters. The number of carbonyl (C=O) groups excluding carboxylic acids is 3. The first-order valence-corrected chi connectivity index (χ1v) is 9.24. The first kappa shape index (κ1) is 16.8. The molecule has 7 nitrogen and oxygen atoms in total. The number of hydrogen-bond acceptors (Lipinski definition) is 5. The molecule has 0 saturated carbocycles. The molecule has 27 heavy (non-hydrogen) atoms. The van der Waals surface area contributed by atoms with E-state index in [1.807, 2.05) is 4.90 Å². The molecule has 142 valence electrons. The maximum absolute atomic E-state index is 14.1. The summed E-state index contributed by atoms with van der Waals surface area (Å²) in [5, 5.41) is 2.82. The summed E-state index contributed by atoms with van der Waals surface area (Å²) in [5.41, 5.74) is -0.317. The third kappa shape index (κ3) is 1.89. The largest absolute Gasteiger partial charge is 0.383 e. The van der Waals surface area contributed by atoms with Gasteiger partial charge in [-0.05, 0) is 37.6 Å².